The molecule has 0 amide bonds. The molecule has 2 aromatic heterocycles. The summed E-state index contributed by atoms with van der Waals surface area (Å²) in [4.78, 5) is 5.80. The summed E-state index contributed by atoms with van der Waals surface area (Å²) >= 11 is 7.71. The third-order valence-corrected chi connectivity index (χ3v) is 4.77. The van der Waals surface area contributed by atoms with Crippen molar-refractivity contribution < 1.29 is 0 Å². The minimum Gasteiger partial charge on any atom is -0.306 e. The van der Waals surface area contributed by atoms with Crippen LogP contribution in [0, 0.1) is 6.92 Å². The number of hydrogen-bond acceptors (Lipinski definition) is 3. The minimum absolute atomic E-state index is 0.179. The van der Waals surface area contributed by atoms with Crippen LogP contribution in [-0.2, 0) is 0 Å². The van der Waals surface area contributed by atoms with Gasteiger partial charge in [0.25, 0.3) is 0 Å². The molecule has 0 aliphatic carbocycles. The number of halogens is 1. The minimum atomic E-state index is 0.179. The highest BCUT2D eigenvalue weighted by atomic mass is 35.5. The SMILES string of the molecule is CCNC(c1ccc2nc(C)ccc2c1)c1ccc(Cl)s1. The van der Waals surface area contributed by atoms with Gasteiger partial charge in [0, 0.05) is 16.0 Å². The lowest BCUT2D eigenvalue weighted by Gasteiger charge is -2.17. The average Bonchev–Trinajstić information content (AvgIpc) is 2.90. The average molecular weight is 317 g/mol. The molecule has 1 atom stereocenters. The number of pyridine rings is 1. The van der Waals surface area contributed by atoms with Gasteiger partial charge in [0.15, 0.2) is 0 Å². The lowest BCUT2D eigenvalue weighted by atomic mass is 10.0. The van der Waals surface area contributed by atoms with E-state index in [0.717, 1.165) is 22.1 Å². The molecule has 0 fully saturated rings. The molecule has 3 rings (SSSR count). The van der Waals surface area contributed by atoms with Gasteiger partial charge in [-0.25, -0.2) is 0 Å². The Balaban J connectivity index is 2.04. The predicted molar refractivity (Wildman–Crippen MR) is 91.3 cm³/mol. The first-order chi connectivity index (χ1) is 10.2. The standard InChI is InChI=1S/C17H17ClN2S/c1-3-19-17(15-8-9-16(18)21-15)13-6-7-14-12(10-13)5-4-11(2)20-14/h4-10,17,19H,3H2,1-2H3. The van der Waals surface area contributed by atoms with Gasteiger partial charge in [0.1, 0.15) is 0 Å². The van der Waals surface area contributed by atoms with Gasteiger partial charge in [-0.05, 0) is 49.4 Å². The van der Waals surface area contributed by atoms with E-state index >= 15 is 0 Å². The monoisotopic (exact) mass is 316 g/mol. The van der Waals surface area contributed by atoms with Crippen LogP contribution < -0.4 is 5.32 Å². The maximum absolute atomic E-state index is 6.09. The van der Waals surface area contributed by atoms with Crippen LogP contribution in [0.1, 0.15) is 29.1 Å². The maximum atomic E-state index is 6.09. The predicted octanol–water partition coefficient (Wildman–Crippen LogP) is 4.96. The number of nitrogens with one attached hydrogen (secondary N) is 1. The van der Waals surface area contributed by atoms with Gasteiger partial charge in [0.2, 0.25) is 0 Å². The van der Waals surface area contributed by atoms with E-state index in [9.17, 15) is 0 Å². The van der Waals surface area contributed by atoms with Crippen LogP contribution in [0.25, 0.3) is 10.9 Å². The van der Waals surface area contributed by atoms with Crippen LogP contribution in [0.15, 0.2) is 42.5 Å². The van der Waals surface area contributed by atoms with E-state index in [0.29, 0.717) is 0 Å². The van der Waals surface area contributed by atoms with E-state index in [-0.39, 0.29) is 6.04 Å². The van der Waals surface area contributed by atoms with Crippen molar-refractivity contribution in [2.24, 2.45) is 0 Å². The Labute approximate surface area is 133 Å². The molecule has 0 spiro atoms. The van der Waals surface area contributed by atoms with Crippen molar-refractivity contribution in [3.63, 3.8) is 0 Å². The van der Waals surface area contributed by atoms with Crippen molar-refractivity contribution in [2.75, 3.05) is 6.54 Å². The van der Waals surface area contributed by atoms with E-state index in [1.807, 2.05) is 13.0 Å². The van der Waals surface area contributed by atoms with Crippen molar-refractivity contribution in [1.82, 2.24) is 10.3 Å². The topological polar surface area (TPSA) is 24.9 Å². The van der Waals surface area contributed by atoms with Gasteiger partial charge >= 0.3 is 0 Å². The van der Waals surface area contributed by atoms with Gasteiger partial charge in [0.05, 0.1) is 15.9 Å². The zero-order valence-corrected chi connectivity index (χ0v) is 13.6. The molecule has 2 nitrogen and oxygen atoms in total. The molecular weight excluding hydrogens is 300 g/mol. The molecule has 4 heteroatoms. The maximum Gasteiger partial charge on any atom is 0.0931 e. The molecule has 0 saturated carbocycles. The number of rotatable bonds is 4. The fraction of sp³-hybridized carbons (Fsp3) is 0.235. The quantitative estimate of drug-likeness (QED) is 0.736. The fourth-order valence-corrected chi connectivity index (χ4v) is 3.66. The molecule has 0 saturated heterocycles. The number of hydrogen-bond donors (Lipinski definition) is 1. The first-order valence-corrected chi connectivity index (χ1v) is 8.22. The van der Waals surface area contributed by atoms with Crippen LogP contribution >= 0.6 is 22.9 Å². The molecule has 2 heterocycles. The third-order valence-electron chi connectivity index (χ3n) is 3.47. The largest absolute Gasteiger partial charge is 0.306 e. The number of aromatic nitrogens is 1. The third kappa shape index (κ3) is 3.10. The lowest BCUT2D eigenvalue weighted by molar-refractivity contribution is 0.640. The van der Waals surface area contributed by atoms with E-state index in [4.69, 9.17) is 11.6 Å². The molecule has 0 radical (unpaired) electrons. The molecule has 1 aromatic carbocycles. The first kappa shape index (κ1) is 14.5. The number of thiophene rings is 1. The summed E-state index contributed by atoms with van der Waals surface area (Å²) in [5.74, 6) is 0. The second-order valence-electron chi connectivity index (χ2n) is 5.04. The van der Waals surface area contributed by atoms with Gasteiger partial charge < -0.3 is 5.32 Å². The highest BCUT2D eigenvalue weighted by Crippen LogP contribution is 2.32. The Morgan fingerprint density at radius 2 is 2.05 bits per heavy atom. The second-order valence-corrected chi connectivity index (χ2v) is 6.78. The van der Waals surface area contributed by atoms with E-state index in [1.54, 1.807) is 11.3 Å². The molecular formula is C17H17ClN2S. The Kier molecular flexibility index (Phi) is 4.24. The first-order valence-electron chi connectivity index (χ1n) is 7.03. The molecule has 3 aromatic rings. The van der Waals surface area contributed by atoms with Crippen molar-refractivity contribution >= 4 is 33.8 Å². The van der Waals surface area contributed by atoms with E-state index in [2.05, 4.69) is 53.6 Å². The lowest BCUT2D eigenvalue weighted by Crippen LogP contribution is -2.21. The number of nitrogens with zero attached hydrogens (tertiary/aromatic N) is 1. The summed E-state index contributed by atoms with van der Waals surface area (Å²) in [6.07, 6.45) is 0. The Hall–Kier alpha value is -1.42. The van der Waals surface area contributed by atoms with Gasteiger partial charge in [-0.2, -0.15) is 0 Å². The van der Waals surface area contributed by atoms with Crippen LogP contribution in [0.3, 0.4) is 0 Å². The van der Waals surface area contributed by atoms with E-state index < -0.39 is 0 Å². The van der Waals surface area contributed by atoms with Crippen molar-refractivity contribution in [1.29, 1.82) is 0 Å². The summed E-state index contributed by atoms with van der Waals surface area (Å²) in [6, 6.07) is 14.9. The zero-order chi connectivity index (χ0) is 14.8. The summed E-state index contributed by atoms with van der Waals surface area (Å²) < 4.78 is 0.825. The number of benzene rings is 1. The fourth-order valence-electron chi connectivity index (χ4n) is 2.50. The van der Waals surface area contributed by atoms with Gasteiger partial charge in [-0.1, -0.05) is 30.7 Å². The van der Waals surface area contributed by atoms with Crippen molar-refractivity contribution in [3.05, 3.63) is 62.9 Å². The molecule has 0 bridgehead atoms. The number of fused-ring (bicyclic) bond motifs is 1. The van der Waals surface area contributed by atoms with Crippen LogP contribution in [0.2, 0.25) is 4.34 Å². The number of aryl methyl sites for hydroxylation is 1. The van der Waals surface area contributed by atoms with Gasteiger partial charge in [-0.3, -0.25) is 4.98 Å². The summed E-state index contributed by atoms with van der Waals surface area (Å²) in [7, 11) is 0. The normalized spacial score (nSPS) is 12.7. The Morgan fingerprint density at radius 1 is 1.19 bits per heavy atom. The molecule has 108 valence electrons. The summed E-state index contributed by atoms with van der Waals surface area (Å²) in [5.41, 5.74) is 3.33. The molecule has 1 N–H and O–H groups in total. The highest BCUT2D eigenvalue weighted by molar-refractivity contribution is 7.16. The Morgan fingerprint density at radius 3 is 2.76 bits per heavy atom. The highest BCUT2D eigenvalue weighted by Gasteiger charge is 2.15. The zero-order valence-electron chi connectivity index (χ0n) is 12.1. The Bertz CT molecular complexity index is 766. The van der Waals surface area contributed by atoms with Crippen molar-refractivity contribution in [2.45, 2.75) is 19.9 Å². The van der Waals surface area contributed by atoms with Crippen LogP contribution in [0.4, 0.5) is 0 Å². The summed E-state index contributed by atoms with van der Waals surface area (Å²) in [6.45, 7) is 5.04. The summed E-state index contributed by atoms with van der Waals surface area (Å²) in [5, 5.41) is 4.71. The molecule has 21 heavy (non-hydrogen) atoms. The van der Waals surface area contributed by atoms with Crippen LogP contribution in [0.5, 0.6) is 0 Å². The van der Waals surface area contributed by atoms with Gasteiger partial charge in [-0.15, -0.1) is 11.3 Å². The smallest absolute Gasteiger partial charge is 0.0931 e. The molecule has 0 aliphatic rings. The van der Waals surface area contributed by atoms with Crippen molar-refractivity contribution in [3.8, 4) is 0 Å². The second kappa shape index (κ2) is 6.14. The molecule has 0 aliphatic heterocycles. The van der Waals surface area contributed by atoms with Crippen LogP contribution in [-0.4, -0.2) is 11.5 Å². The molecule has 1 unspecified atom stereocenters. The van der Waals surface area contributed by atoms with E-state index in [1.165, 1.54) is 15.8 Å².